The summed E-state index contributed by atoms with van der Waals surface area (Å²) in [6, 6.07) is 34.3. The highest BCUT2D eigenvalue weighted by Gasteiger charge is 2.26. The van der Waals surface area contributed by atoms with E-state index < -0.39 is 0 Å². The van der Waals surface area contributed by atoms with Crippen LogP contribution in [-0.4, -0.2) is 288 Å². The number of carbonyl (C=O) groups is 1. The van der Waals surface area contributed by atoms with Crippen LogP contribution in [0.3, 0.4) is 0 Å². The second kappa shape index (κ2) is 50.3. The fraction of sp³-hybridized carbons (Fsp3) is 0.595. The van der Waals surface area contributed by atoms with Gasteiger partial charge >= 0.3 is 0 Å². The fourth-order valence-corrected chi connectivity index (χ4v) is 12.7. The standard InChI is InChI=1S/C27H36N2O5.2C17H26N2O.C7H12N2O.C7H16N2O.C4H9NO/c1-20(15-21-9-6-5-7-10-21)18-29(13-8-12-28-14-11-23(30)19-28)27(31)22-16-24(32-2)26(34-4)25(17-22)33-3;2*1-15(12-16-6-3-2-4-7-16)13-18-9-5-10-19-11-8-17(20)14-19;1-8-3-5-9-4-2-7(10)6-9;8-3-1-4-9-5-2-7(10)6-9;6-4-1-2-5-3-4/h5-7,9-10,15-17,23,30H,8,11-14,18-19H2,1-4H3;2*2-4,6-7,12,17-18,20H,5,8-11,13-14H2,1H3;7,10H,2-6H2;7,10H,1-6,8H2;4-6H,1-3H2/b20-15+;2*15-12+;;;/t23-;2*17-;2*7-;4-/m111111/s1. The Morgan fingerprint density at radius 3 is 1.24 bits per heavy atom. The van der Waals surface area contributed by atoms with Crippen LogP contribution in [0.2, 0.25) is 0 Å². The molecule has 4 aromatic rings. The van der Waals surface area contributed by atoms with Gasteiger partial charge < -0.3 is 95.9 Å². The Hall–Kier alpha value is -6.14. The molecular formula is C79H125N11O10. The Morgan fingerprint density at radius 2 is 0.920 bits per heavy atom. The van der Waals surface area contributed by atoms with Crippen LogP contribution in [0.1, 0.15) is 112 Å². The van der Waals surface area contributed by atoms with Crippen molar-refractivity contribution in [2.24, 2.45) is 5.73 Å². The number of amides is 1. The maximum Gasteiger partial charge on any atom is 0.254 e. The summed E-state index contributed by atoms with van der Waals surface area (Å²) in [7, 11) is 4.63. The summed E-state index contributed by atoms with van der Waals surface area (Å²) >= 11 is 0. The zero-order chi connectivity index (χ0) is 72.1. The van der Waals surface area contributed by atoms with Gasteiger partial charge in [-0.2, -0.15) is 0 Å². The number of hydrogen-bond donors (Lipinski definition) is 10. The van der Waals surface area contributed by atoms with E-state index in [1.165, 1.54) is 22.3 Å². The Labute approximate surface area is 599 Å². The maximum atomic E-state index is 13.6. The van der Waals surface area contributed by atoms with E-state index in [0.29, 0.717) is 49.0 Å². The van der Waals surface area contributed by atoms with Crippen molar-refractivity contribution in [3.8, 4) is 17.2 Å². The van der Waals surface area contributed by atoms with Gasteiger partial charge in [0.25, 0.3) is 5.91 Å². The van der Waals surface area contributed by atoms with Crippen molar-refractivity contribution >= 4 is 24.1 Å². The molecule has 21 nitrogen and oxygen atoms in total. The number of nitrogens with zero attached hydrogens (tertiary/aromatic N) is 7. The summed E-state index contributed by atoms with van der Waals surface area (Å²) in [5, 5.41) is 65.6. The van der Waals surface area contributed by atoms with E-state index in [-0.39, 0.29) is 42.5 Å². The lowest BCUT2D eigenvalue weighted by atomic mass is 10.1. The lowest BCUT2D eigenvalue weighted by Gasteiger charge is -2.25. The summed E-state index contributed by atoms with van der Waals surface area (Å²) < 4.78 is 16.3. The van der Waals surface area contributed by atoms with Gasteiger partial charge in [0.2, 0.25) is 12.3 Å². The maximum absolute atomic E-state index is 13.6. The smallest absolute Gasteiger partial charge is 0.254 e. The highest BCUT2D eigenvalue weighted by molar-refractivity contribution is 5.96. The number of likely N-dealkylation sites (tertiary alicyclic amines) is 5. The number of aliphatic hydroxyl groups excluding tert-OH is 6. The first-order valence-electron chi connectivity index (χ1n) is 36.6. The normalized spacial score (nSPS) is 21.3. The second-order valence-electron chi connectivity index (χ2n) is 27.1. The predicted octanol–water partition coefficient (Wildman–Crippen LogP) is 6.70. The van der Waals surface area contributed by atoms with Gasteiger partial charge in [-0.15, -0.1) is 0 Å². The Balaban J connectivity index is 0.000000235. The van der Waals surface area contributed by atoms with Crippen molar-refractivity contribution in [2.75, 3.05) is 185 Å². The number of nitrogens with two attached hydrogens (primary N) is 1. The van der Waals surface area contributed by atoms with E-state index in [9.17, 15) is 20.1 Å². The Kier molecular flexibility index (Phi) is 42.5. The summed E-state index contributed by atoms with van der Waals surface area (Å²) in [6.07, 6.45) is 15.4. The fourth-order valence-electron chi connectivity index (χ4n) is 12.7. The van der Waals surface area contributed by atoms with Gasteiger partial charge in [0, 0.05) is 104 Å². The lowest BCUT2D eigenvalue weighted by molar-refractivity contribution is 0.0761. The third kappa shape index (κ3) is 35.6. The first kappa shape index (κ1) is 84.5. The molecule has 4 aromatic carbocycles. The van der Waals surface area contributed by atoms with Crippen molar-refractivity contribution in [3.63, 3.8) is 0 Å². The molecule has 0 saturated carbocycles. The average molecular weight is 1390 g/mol. The van der Waals surface area contributed by atoms with E-state index in [1.807, 2.05) is 54.3 Å². The van der Waals surface area contributed by atoms with E-state index in [0.717, 1.165) is 213 Å². The highest BCUT2D eigenvalue weighted by atomic mass is 16.5. The molecule has 556 valence electrons. The molecule has 10 rings (SSSR count). The van der Waals surface area contributed by atoms with Crippen LogP contribution in [0, 0.1) is 6.57 Å². The number of β-amino-alcohol motifs (C(OH)–C–C–N with tert-alkyl or cyclic N) is 6. The molecule has 6 aliphatic rings. The van der Waals surface area contributed by atoms with E-state index in [2.05, 4.69) is 126 Å². The molecule has 6 heterocycles. The number of methoxy groups -OCH3 is 3. The van der Waals surface area contributed by atoms with Crippen molar-refractivity contribution in [3.05, 3.63) is 154 Å². The van der Waals surface area contributed by atoms with Crippen LogP contribution in [0.5, 0.6) is 17.2 Å². The lowest BCUT2D eigenvalue weighted by Crippen LogP contribution is -2.35. The number of ether oxygens (including phenoxy) is 3. The molecule has 0 spiro atoms. The number of aliphatic hydroxyl groups is 6. The summed E-state index contributed by atoms with van der Waals surface area (Å²) in [6.45, 7) is 35.0. The molecule has 0 aromatic heterocycles. The Morgan fingerprint density at radius 1 is 0.540 bits per heavy atom. The minimum absolute atomic E-state index is 0.0648. The monoisotopic (exact) mass is 1390 g/mol. The van der Waals surface area contributed by atoms with Gasteiger partial charge in [-0.1, -0.05) is 126 Å². The Bertz CT molecular complexity index is 2850. The molecule has 0 bridgehead atoms. The molecule has 11 N–H and O–H groups in total. The summed E-state index contributed by atoms with van der Waals surface area (Å²) in [5.74, 6) is 1.27. The van der Waals surface area contributed by atoms with Crippen LogP contribution in [0.4, 0.5) is 0 Å². The quantitative estimate of drug-likeness (QED) is 0.0193. The first-order valence-corrected chi connectivity index (χ1v) is 36.6. The van der Waals surface area contributed by atoms with Gasteiger partial charge in [0.05, 0.1) is 64.5 Å². The average Bonchev–Trinajstić information content (AvgIpc) is 1.05. The molecule has 0 aliphatic carbocycles. The molecule has 21 heteroatoms. The van der Waals surface area contributed by atoms with Crippen molar-refractivity contribution < 1.29 is 49.6 Å². The first-order chi connectivity index (χ1) is 48.5. The molecule has 6 fully saturated rings. The third-order valence-corrected chi connectivity index (χ3v) is 18.1. The molecule has 100 heavy (non-hydrogen) atoms. The molecule has 0 radical (unpaired) electrons. The second-order valence-corrected chi connectivity index (χ2v) is 27.1. The van der Waals surface area contributed by atoms with Crippen molar-refractivity contribution in [1.29, 1.82) is 0 Å². The zero-order valence-electron chi connectivity index (χ0n) is 61.3. The van der Waals surface area contributed by atoms with Crippen LogP contribution >= 0.6 is 0 Å². The number of rotatable bonds is 30. The van der Waals surface area contributed by atoms with E-state index >= 15 is 0 Å². The SMILES string of the molecule is C/C(=C\c1ccccc1)CNCCCN1CC[C@@H](O)C1.C/C(=C\c1ccccc1)CNCCCN1CC[C@@H](O)C1.COc1cc(C(=O)N(CCCN2CC[C@@H](O)C2)C/C(C)=C/c2ccccc2)cc(OC)c1OC.NCCCN1CC[C@@H](O)C1.O[C@@H]1CCNC1.[C-]#[N+]CCN1CC[C@@H](O)C1. The number of carbonyl (C=O) groups excluding carboxylic acids is 1. The number of nitrogens with one attached hydrogen (secondary N) is 3. The summed E-state index contributed by atoms with van der Waals surface area (Å²) in [4.78, 5) is 30.1. The number of benzene rings is 4. The van der Waals surface area contributed by atoms with Crippen LogP contribution in [0.15, 0.2) is 120 Å². The topological polar surface area (TPSA) is 252 Å². The highest BCUT2D eigenvalue weighted by Crippen LogP contribution is 2.38. The van der Waals surface area contributed by atoms with Crippen LogP contribution in [-0.2, 0) is 0 Å². The van der Waals surface area contributed by atoms with Gasteiger partial charge in [-0.05, 0) is 166 Å². The van der Waals surface area contributed by atoms with Crippen LogP contribution in [0.25, 0.3) is 23.1 Å². The minimum atomic E-state index is -0.243. The predicted molar refractivity (Wildman–Crippen MR) is 406 cm³/mol. The van der Waals surface area contributed by atoms with Crippen LogP contribution < -0.4 is 35.9 Å². The summed E-state index contributed by atoms with van der Waals surface area (Å²) in [5.41, 5.74) is 13.3. The van der Waals surface area contributed by atoms with E-state index in [1.54, 1.807) is 33.5 Å². The largest absolute Gasteiger partial charge is 0.493 e. The molecule has 1 amide bonds. The van der Waals surface area contributed by atoms with E-state index in [4.69, 9.17) is 41.8 Å². The third-order valence-electron chi connectivity index (χ3n) is 18.1. The number of hydrogen-bond acceptors (Lipinski definition) is 19. The van der Waals surface area contributed by atoms with Gasteiger partial charge in [-0.25, -0.2) is 6.57 Å². The minimum Gasteiger partial charge on any atom is -0.493 e. The molecule has 6 atom stereocenters. The van der Waals surface area contributed by atoms with Gasteiger partial charge in [0.1, 0.15) is 0 Å². The van der Waals surface area contributed by atoms with Gasteiger partial charge in [0.15, 0.2) is 11.5 Å². The molecule has 0 unspecified atom stereocenters. The van der Waals surface area contributed by atoms with Crippen molar-refractivity contribution in [2.45, 2.75) is 122 Å². The molecule has 6 aliphatic heterocycles. The molecule has 6 saturated heterocycles. The van der Waals surface area contributed by atoms with Crippen molar-refractivity contribution in [1.82, 2.24) is 45.3 Å². The zero-order valence-corrected chi connectivity index (χ0v) is 61.3. The van der Waals surface area contributed by atoms with Gasteiger partial charge in [-0.3, -0.25) is 9.69 Å². The molecular weight excluding hydrogens is 1260 g/mol.